The van der Waals surface area contributed by atoms with E-state index in [1.807, 2.05) is 72.8 Å². The van der Waals surface area contributed by atoms with Crippen molar-refractivity contribution in [2.45, 2.75) is 98.6 Å². The van der Waals surface area contributed by atoms with Gasteiger partial charge in [0.05, 0.1) is 35.7 Å². The predicted octanol–water partition coefficient (Wildman–Crippen LogP) is 15.2. The molecule has 340 valence electrons. The summed E-state index contributed by atoms with van der Waals surface area (Å²) in [7, 11) is 0. The number of aromatic nitrogens is 4. The van der Waals surface area contributed by atoms with Gasteiger partial charge in [0.2, 0.25) is 0 Å². The summed E-state index contributed by atoms with van der Waals surface area (Å²) in [6.45, 7) is 10.6. The number of pyridine rings is 2. The van der Waals surface area contributed by atoms with Crippen LogP contribution in [0.2, 0.25) is 0 Å². The first-order valence-corrected chi connectivity index (χ1v) is 24.1. The number of rotatable bonds is 22. The SMILES string of the molecule is CCCc1ccc(C)n1-c1ccc(Nc2ccc(N=Nc3cccc[n+]3CCCCCC[n+]3ccccc3N=Nc3ccc(Nc4ccc(-n5c(CC)ccc5CCC)cc4)cc3)cc2)cc1. The van der Waals surface area contributed by atoms with Gasteiger partial charge in [-0.05, 0) is 196 Å². The van der Waals surface area contributed by atoms with Gasteiger partial charge in [0.25, 0.3) is 0 Å². The Morgan fingerprint density at radius 3 is 1.30 bits per heavy atom. The Morgan fingerprint density at radius 2 is 0.836 bits per heavy atom. The van der Waals surface area contributed by atoms with Crippen molar-refractivity contribution >= 4 is 45.8 Å². The lowest BCUT2D eigenvalue weighted by Crippen LogP contribution is -2.34. The van der Waals surface area contributed by atoms with Gasteiger partial charge in [0.1, 0.15) is 11.4 Å². The van der Waals surface area contributed by atoms with E-state index in [1.54, 1.807) is 0 Å². The highest BCUT2D eigenvalue weighted by Crippen LogP contribution is 2.27. The van der Waals surface area contributed by atoms with Crippen molar-refractivity contribution in [1.29, 1.82) is 0 Å². The van der Waals surface area contributed by atoms with Crippen molar-refractivity contribution < 1.29 is 9.13 Å². The highest BCUT2D eigenvalue weighted by Gasteiger charge is 2.13. The number of nitrogens with one attached hydrogen (secondary N) is 2. The molecule has 0 aliphatic rings. The molecule has 8 rings (SSSR count). The van der Waals surface area contributed by atoms with E-state index in [4.69, 9.17) is 0 Å². The van der Waals surface area contributed by atoms with E-state index in [0.29, 0.717) is 0 Å². The highest BCUT2D eigenvalue weighted by molar-refractivity contribution is 5.64. The molecule has 0 spiro atoms. The molecule has 4 heterocycles. The summed E-state index contributed by atoms with van der Waals surface area (Å²) in [6, 6.07) is 54.6. The molecule has 0 unspecified atom stereocenters. The van der Waals surface area contributed by atoms with Crippen LogP contribution in [0, 0.1) is 6.92 Å². The van der Waals surface area contributed by atoms with Crippen LogP contribution in [0.5, 0.6) is 0 Å². The molecule has 0 atom stereocenters. The van der Waals surface area contributed by atoms with Gasteiger partial charge >= 0.3 is 11.6 Å². The molecule has 4 aromatic heterocycles. The van der Waals surface area contributed by atoms with Gasteiger partial charge in [0.15, 0.2) is 0 Å². The van der Waals surface area contributed by atoms with Crippen molar-refractivity contribution in [3.63, 3.8) is 0 Å². The summed E-state index contributed by atoms with van der Waals surface area (Å²) in [5, 5.41) is 25.5. The maximum atomic E-state index is 4.64. The molecular weight excluding hydrogens is 825 g/mol. The van der Waals surface area contributed by atoms with Crippen LogP contribution in [-0.4, -0.2) is 9.13 Å². The number of unbranched alkanes of at least 4 members (excludes halogenated alkanes) is 3. The normalized spacial score (nSPS) is 11.5. The number of azo groups is 2. The Morgan fingerprint density at radius 1 is 0.418 bits per heavy atom. The first kappa shape index (κ1) is 46.1. The second kappa shape index (κ2) is 23.1. The molecule has 0 aliphatic heterocycles. The van der Waals surface area contributed by atoms with Crippen molar-refractivity contribution in [2.24, 2.45) is 20.5 Å². The minimum atomic E-state index is 0.808. The summed E-state index contributed by atoms with van der Waals surface area (Å²) >= 11 is 0. The first-order valence-electron chi connectivity index (χ1n) is 24.1. The molecule has 0 fully saturated rings. The third kappa shape index (κ3) is 12.3. The minimum absolute atomic E-state index is 0.808. The quantitative estimate of drug-likeness (QED) is 0.0403. The fourth-order valence-electron chi connectivity index (χ4n) is 8.57. The molecule has 0 amide bonds. The van der Waals surface area contributed by atoms with Crippen LogP contribution in [0.25, 0.3) is 11.4 Å². The minimum Gasteiger partial charge on any atom is -0.356 e. The number of anilines is 4. The van der Waals surface area contributed by atoms with Gasteiger partial charge in [-0.15, -0.1) is 0 Å². The Hall–Kier alpha value is -7.46. The van der Waals surface area contributed by atoms with Crippen molar-refractivity contribution in [3.05, 3.63) is 193 Å². The van der Waals surface area contributed by atoms with Crippen LogP contribution >= 0.6 is 0 Å². The van der Waals surface area contributed by atoms with Gasteiger partial charge < -0.3 is 19.8 Å². The molecule has 0 aliphatic carbocycles. The summed E-state index contributed by atoms with van der Waals surface area (Å²) in [4.78, 5) is 0. The lowest BCUT2D eigenvalue weighted by molar-refractivity contribution is -0.686. The van der Waals surface area contributed by atoms with Gasteiger partial charge in [-0.2, -0.15) is 0 Å². The van der Waals surface area contributed by atoms with Crippen LogP contribution in [-0.2, 0) is 32.4 Å². The van der Waals surface area contributed by atoms with Crippen molar-refractivity contribution in [1.82, 2.24) is 9.13 Å². The second-order valence-electron chi connectivity index (χ2n) is 17.1. The third-order valence-corrected chi connectivity index (χ3v) is 12.1. The number of hydrogen-bond donors (Lipinski definition) is 2. The van der Waals surface area contributed by atoms with Gasteiger partial charge in [-0.3, -0.25) is 0 Å². The van der Waals surface area contributed by atoms with Crippen LogP contribution in [0.15, 0.2) is 191 Å². The topological polar surface area (TPSA) is 91.1 Å². The third-order valence-electron chi connectivity index (χ3n) is 12.1. The first-order chi connectivity index (χ1) is 33.0. The van der Waals surface area contributed by atoms with E-state index in [2.05, 4.69) is 174 Å². The van der Waals surface area contributed by atoms with Crippen LogP contribution in [0.4, 0.5) is 45.8 Å². The standard InChI is InChI=1S/C57H62N10/c1-5-16-52-33-20-44(4)66(52)54-34-29-47(30-35-54)58-45-21-25-49(26-22-45)60-62-56-18-10-14-42-64(56)40-12-8-9-13-41-65-43-15-11-19-57(65)63-61-50-27-23-46(24-28-50)59-48-31-36-55(37-32-48)67-51(7-3)38-39-53(67)17-6-2/h10-11,14-15,18-39,42-43H,5-9,12-13,16-17,40-41H2,1-4H3/p+2. The Kier molecular flexibility index (Phi) is 15.9. The molecular formula is C57H64N10+2. The molecule has 10 heteroatoms. The molecule has 4 aromatic carbocycles. The fourth-order valence-corrected chi connectivity index (χ4v) is 8.57. The number of aryl methyl sites for hydroxylation is 6. The van der Waals surface area contributed by atoms with Crippen LogP contribution < -0.4 is 19.8 Å². The number of nitrogens with zero attached hydrogens (tertiary/aromatic N) is 8. The van der Waals surface area contributed by atoms with Gasteiger partial charge in [-0.1, -0.05) is 45.7 Å². The zero-order valence-corrected chi connectivity index (χ0v) is 39.5. The Labute approximate surface area is 396 Å². The number of benzene rings is 4. The zero-order valence-electron chi connectivity index (χ0n) is 39.5. The molecule has 8 aromatic rings. The second-order valence-corrected chi connectivity index (χ2v) is 17.1. The highest BCUT2D eigenvalue weighted by atomic mass is 15.2. The Bertz CT molecular complexity index is 2850. The van der Waals surface area contributed by atoms with Crippen molar-refractivity contribution in [3.8, 4) is 11.4 Å². The van der Waals surface area contributed by atoms with E-state index in [9.17, 15) is 0 Å². The van der Waals surface area contributed by atoms with Gasteiger partial charge in [0, 0.05) is 69.0 Å². The average Bonchev–Trinajstić information content (AvgIpc) is 3.95. The van der Waals surface area contributed by atoms with E-state index in [-0.39, 0.29) is 0 Å². The van der Waals surface area contributed by atoms with E-state index >= 15 is 0 Å². The average molecular weight is 889 g/mol. The zero-order chi connectivity index (χ0) is 46.2. The molecule has 0 saturated heterocycles. The van der Waals surface area contributed by atoms with Crippen LogP contribution in [0.3, 0.4) is 0 Å². The molecule has 0 radical (unpaired) electrons. The summed E-state index contributed by atoms with van der Waals surface area (Å²) in [6.07, 6.45) is 13.9. The number of hydrogen-bond acceptors (Lipinski definition) is 6. The molecule has 10 nitrogen and oxygen atoms in total. The monoisotopic (exact) mass is 889 g/mol. The van der Waals surface area contributed by atoms with Gasteiger partial charge in [-0.25, -0.2) is 9.13 Å². The lowest BCUT2D eigenvalue weighted by atomic mass is 10.2. The molecule has 2 N–H and O–H groups in total. The van der Waals surface area contributed by atoms with Crippen LogP contribution in [0.1, 0.15) is 82.1 Å². The smallest absolute Gasteiger partial charge is 0.350 e. The lowest BCUT2D eigenvalue weighted by Gasteiger charge is -2.14. The Balaban J connectivity index is 0.772. The largest absolute Gasteiger partial charge is 0.356 e. The fraction of sp³-hybridized carbons (Fsp3) is 0.263. The summed E-state index contributed by atoms with van der Waals surface area (Å²) < 4.78 is 9.11. The maximum absolute atomic E-state index is 4.64. The van der Waals surface area contributed by atoms with Crippen molar-refractivity contribution in [2.75, 3.05) is 10.6 Å². The molecule has 0 bridgehead atoms. The van der Waals surface area contributed by atoms with E-state index in [1.165, 1.54) is 34.2 Å². The molecule has 0 saturated carbocycles. The maximum Gasteiger partial charge on any atom is 0.350 e. The molecule has 67 heavy (non-hydrogen) atoms. The predicted molar refractivity (Wildman–Crippen MR) is 273 cm³/mol. The van der Waals surface area contributed by atoms with E-state index in [0.717, 1.165) is 117 Å². The van der Waals surface area contributed by atoms with E-state index < -0.39 is 0 Å². The summed E-state index contributed by atoms with van der Waals surface area (Å²) in [5.74, 6) is 1.69. The summed E-state index contributed by atoms with van der Waals surface area (Å²) in [5.41, 5.74) is 13.4.